The highest BCUT2D eigenvalue weighted by molar-refractivity contribution is 6.46. The minimum absolute atomic E-state index is 0.0828. The predicted octanol–water partition coefficient (Wildman–Crippen LogP) is 5.54. The molecule has 0 aliphatic carbocycles. The van der Waals surface area contributed by atoms with Crippen molar-refractivity contribution in [2.24, 2.45) is 0 Å². The summed E-state index contributed by atoms with van der Waals surface area (Å²) in [6.45, 7) is 5.40. The van der Waals surface area contributed by atoms with Crippen molar-refractivity contribution in [1.82, 2.24) is 4.90 Å². The van der Waals surface area contributed by atoms with Gasteiger partial charge in [-0.05, 0) is 67.3 Å². The van der Waals surface area contributed by atoms with Crippen LogP contribution in [0, 0.1) is 0 Å². The monoisotopic (exact) mass is 485 g/mol. The van der Waals surface area contributed by atoms with Crippen molar-refractivity contribution in [2.75, 3.05) is 19.8 Å². The quantitative estimate of drug-likeness (QED) is 0.232. The van der Waals surface area contributed by atoms with E-state index in [1.807, 2.05) is 68.4 Å². The molecule has 0 saturated carbocycles. The Labute approximate surface area is 211 Å². The number of carbonyl (C=O) groups excluding carboxylic acids is 2. The summed E-state index contributed by atoms with van der Waals surface area (Å²) in [5, 5.41) is 11.2. The van der Waals surface area contributed by atoms with Crippen LogP contribution < -0.4 is 9.47 Å². The van der Waals surface area contributed by atoms with E-state index in [2.05, 4.69) is 0 Å². The van der Waals surface area contributed by atoms with Crippen molar-refractivity contribution < 1.29 is 24.2 Å². The smallest absolute Gasteiger partial charge is 0.295 e. The lowest BCUT2D eigenvalue weighted by atomic mass is 9.95. The summed E-state index contributed by atoms with van der Waals surface area (Å²) in [4.78, 5) is 28.0. The zero-order chi connectivity index (χ0) is 25.5. The zero-order valence-corrected chi connectivity index (χ0v) is 20.6. The van der Waals surface area contributed by atoms with Crippen LogP contribution in [0.2, 0.25) is 0 Å². The molecule has 1 aliphatic heterocycles. The van der Waals surface area contributed by atoms with E-state index in [4.69, 9.17) is 9.47 Å². The minimum atomic E-state index is -0.708. The minimum Gasteiger partial charge on any atom is -0.507 e. The summed E-state index contributed by atoms with van der Waals surface area (Å²) in [5.74, 6) is -0.125. The molecule has 4 rings (SSSR count). The molecule has 0 radical (unpaired) electrons. The molecule has 0 aromatic heterocycles. The number of benzene rings is 3. The van der Waals surface area contributed by atoms with Crippen LogP contribution in [0.25, 0.3) is 5.76 Å². The van der Waals surface area contributed by atoms with Crippen molar-refractivity contribution >= 4 is 17.4 Å². The van der Waals surface area contributed by atoms with Crippen molar-refractivity contribution in [3.63, 3.8) is 0 Å². The van der Waals surface area contributed by atoms with Gasteiger partial charge in [-0.15, -0.1) is 0 Å². The highest BCUT2D eigenvalue weighted by atomic mass is 16.5. The first-order valence-electron chi connectivity index (χ1n) is 12.3. The number of nitrogens with zero attached hydrogens (tertiary/aromatic N) is 1. The summed E-state index contributed by atoms with van der Waals surface area (Å²) in [5.41, 5.74) is 2.33. The maximum absolute atomic E-state index is 13.2. The molecule has 186 valence electrons. The molecule has 6 heteroatoms. The van der Waals surface area contributed by atoms with Crippen LogP contribution in [0.15, 0.2) is 84.4 Å². The number of hydrogen-bond donors (Lipinski definition) is 1. The van der Waals surface area contributed by atoms with Crippen molar-refractivity contribution in [3.05, 3.63) is 101 Å². The van der Waals surface area contributed by atoms with E-state index in [9.17, 15) is 14.7 Å². The van der Waals surface area contributed by atoms with Crippen LogP contribution in [-0.4, -0.2) is 41.5 Å². The number of Topliss-reactive ketones (excluding diaryl/α,β-unsaturated/α-hetero) is 1. The number of carbonyl (C=O) groups is 2. The fraction of sp³-hybridized carbons (Fsp3) is 0.267. The van der Waals surface area contributed by atoms with E-state index in [-0.39, 0.29) is 11.3 Å². The fourth-order valence-electron chi connectivity index (χ4n) is 4.35. The van der Waals surface area contributed by atoms with Gasteiger partial charge in [-0.2, -0.15) is 0 Å². The second-order valence-corrected chi connectivity index (χ2v) is 8.60. The van der Waals surface area contributed by atoms with Crippen LogP contribution >= 0.6 is 0 Å². The van der Waals surface area contributed by atoms with Gasteiger partial charge in [0.15, 0.2) is 0 Å². The number of amides is 1. The Morgan fingerprint density at radius 2 is 1.50 bits per heavy atom. The number of ketones is 1. The van der Waals surface area contributed by atoms with Gasteiger partial charge in [0.25, 0.3) is 11.7 Å². The van der Waals surface area contributed by atoms with Crippen LogP contribution in [0.1, 0.15) is 43.0 Å². The first-order chi connectivity index (χ1) is 17.5. The Morgan fingerprint density at radius 3 is 2.14 bits per heavy atom. The molecule has 0 bridgehead atoms. The van der Waals surface area contributed by atoms with Gasteiger partial charge in [0, 0.05) is 12.1 Å². The summed E-state index contributed by atoms with van der Waals surface area (Å²) < 4.78 is 11.2. The van der Waals surface area contributed by atoms with Gasteiger partial charge in [-0.25, -0.2) is 0 Å². The molecular weight excluding hydrogens is 454 g/mol. The SMILES string of the molecule is CCCOc1ccc(C2/C(=C(\O)c3ccc(OCC)cc3)C(=O)C(=O)N2CCc2ccccc2)cc1. The number of hydrogen-bond acceptors (Lipinski definition) is 5. The summed E-state index contributed by atoms with van der Waals surface area (Å²) in [7, 11) is 0. The first-order valence-corrected chi connectivity index (χ1v) is 12.3. The molecular formula is C30H31NO5. The average molecular weight is 486 g/mol. The molecule has 6 nitrogen and oxygen atoms in total. The number of aliphatic hydroxyl groups is 1. The Hall–Kier alpha value is -4.06. The molecule has 1 amide bonds. The molecule has 36 heavy (non-hydrogen) atoms. The van der Waals surface area contributed by atoms with E-state index in [1.165, 1.54) is 0 Å². The second-order valence-electron chi connectivity index (χ2n) is 8.60. The van der Waals surface area contributed by atoms with Gasteiger partial charge in [-0.3, -0.25) is 9.59 Å². The highest BCUT2D eigenvalue weighted by Gasteiger charge is 2.45. The number of ether oxygens (including phenoxy) is 2. The molecule has 3 aromatic rings. The summed E-state index contributed by atoms with van der Waals surface area (Å²) >= 11 is 0. The van der Waals surface area contributed by atoms with Crippen molar-refractivity contribution in [3.8, 4) is 11.5 Å². The van der Waals surface area contributed by atoms with Crippen molar-refractivity contribution in [1.29, 1.82) is 0 Å². The van der Waals surface area contributed by atoms with E-state index in [1.54, 1.807) is 29.2 Å². The molecule has 3 aromatic carbocycles. The molecule has 1 aliphatic rings. The lowest BCUT2D eigenvalue weighted by Crippen LogP contribution is -2.31. The summed E-state index contributed by atoms with van der Waals surface area (Å²) in [6, 6.07) is 23.3. The largest absolute Gasteiger partial charge is 0.507 e. The number of aliphatic hydroxyl groups excluding tert-OH is 1. The molecule has 1 unspecified atom stereocenters. The van der Waals surface area contributed by atoms with Crippen LogP contribution in [0.4, 0.5) is 0 Å². The Balaban J connectivity index is 1.72. The maximum atomic E-state index is 13.2. The van der Waals surface area contributed by atoms with Gasteiger partial charge in [0.2, 0.25) is 0 Å². The fourth-order valence-corrected chi connectivity index (χ4v) is 4.35. The third-order valence-corrected chi connectivity index (χ3v) is 6.13. The standard InChI is InChI=1S/C30H31NO5/c1-3-20-36-25-14-10-22(11-15-25)27-26(28(32)23-12-16-24(17-13-23)35-4-2)29(33)30(34)31(27)19-18-21-8-6-5-7-9-21/h5-17,27,32H,3-4,18-20H2,1-2H3/b28-26+. The average Bonchev–Trinajstić information content (AvgIpc) is 3.16. The van der Waals surface area contributed by atoms with Gasteiger partial charge in [-0.1, -0.05) is 49.4 Å². The van der Waals surface area contributed by atoms with E-state index >= 15 is 0 Å². The van der Waals surface area contributed by atoms with E-state index < -0.39 is 17.7 Å². The molecule has 1 atom stereocenters. The topological polar surface area (TPSA) is 76.1 Å². The van der Waals surface area contributed by atoms with Crippen molar-refractivity contribution in [2.45, 2.75) is 32.7 Å². The number of likely N-dealkylation sites (tertiary alicyclic amines) is 1. The van der Waals surface area contributed by atoms with Gasteiger partial charge >= 0.3 is 0 Å². The van der Waals surface area contributed by atoms with E-state index in [0.29, 0.717) is 43.2 Å². The Bertz CT molecular complexity index is 1220. The lowest BCUT2D eigenvalue weighted by Gasteiger charge is -2.25. The van der Waals surface area contributed by atoms with Gasteiger partial charge in [0.05, 0.1) is 24.8 Å². The van der Waals surface area contributed by atoms with Gasteiger partial charge < -0.3 is 19.5 Å². The van der Waals surface area contributed by atoms with Crippen LogP contribution in [0.3, 0.4) is 0 Å². The lowest BCUT2D eigenvalue weighted by molar-refractivity contribution is -0.139. The summed E-state index contributed by atoms with van der Waals surface area (Å²) in [6.07, 6.45) is 1.48. The maximum Gasteiger partial charge on any atom is 0.295 e. The first kappa shape index (κ1) is 25.0. The Morgan fingerprint density at radius 1 is 0.861 bits per heavy atom. The predicted molar refractivity (Wildman–Crippen MR) is 139 cm³/mol. The molecule has 0 spiro atoms. The van der Waals surface area contributed by atoms with E-state index in [0.717, 1.165) is 17.5 Å². The molecule has 1 saturated heterocycles. The van der Waals surface area contributed by atoms with Crippen LogP contribution in [0.5, 0.6) is 11.5 Å². The molecule has 1 N–H and O–H groups in total. The second kappa shape index (κ2) is 11.6. The highest BCUT2D eigenvalue weighted by Crippen LogP contribution is 2.40. The number of rotatable bonds is 10. The third-order valence-electron chi connectivity index (χ3n) is 6.13. The Kier molecular flexibility index (Phi) is 8.06. The third kappa shape index (κ3) is 5.43. The van der Waals surface area contributed by atoms with Crippen LogP contribution in [-0.2, 0) is 16.0 Å². The van der Waals surface area contributed by atoms with Gasteiger partial charge in [0.1, 0.15) is 17.3 Å². The normalized spacial score (nSPS) is 16.8. The zero-order valence-electron chi connectivity index (χ0n) is 20.6. The molecule has 1 heterocycles. The molecule has 1 fully saturated rings.